The summed E-state index contributed by atoms with van der Waals surface area (Å²) in [5.41, 5.74) is 1.64. The lowest BCUT2D eigenvalue weighted by atomic mass is 10.2. The first-order valence-corrected chi connectivity index (χ1v) is 8.13. The number of carbonyl (C=O) groups is 2. The molecule has 21 heavy (non-hydrogen) atoms. The molecule has 1 amide bonds. The minimum Gasteiger partial charge on any atom is -0.343 e. The van der Waals surface area contributed by atoms with Crippen LogP contribution in [0.3, 0.4) is 0 Å². The molecule has 1 fully saturated rings. The summed E-state index contributed by atoms with van der Waals surface area (Å²) in [5.74, 6) is 0.401. The molecule has 1 aliphatic heterocycles. The van der Waals surface area contributed by atoms with Crippen LogP contribution in [0.5, 0.6) is 0 Å². The Bertz CT molecular complexity index is 655. The van der Waals surface area contributed by atoms with Gasteiger partial charge in [0.05, 0.1) is 11.7 Å². The van der Waals surface area contributed by atoms with Crippen LogP contribution >= 0.6 is 11.8 Å². The van der Waals surface area contributed by atoms with Crippen LogP contribution in [0.25, 0.3) is 0 Å². The molecule has 3 rings (SSSR count). The summed E-state index contributed by atoms with van der Waals surface area (Å²) in [4.78, 5) is 35.9. The summed E-state index contributed by atoms with van der Waals surface area (Å²) in [6.07, 6.45) is 3.38. The Morgan fingerprint density at radius 1 is 1.48 bits per heavy atom. The fourth-order valence-corrected chi connectivity index (χ4v) is 3.66. The van der Waals surface area contributed by atoms with E-state index in [1.807, 2.05) is 0 Å². The van der Waals surface area contributed by atoms with Gasteiger partial charge >= 0.3 is 0 Å². The van der Waals surface area contributed by atoms with Crippen molar-refractivity contribution in [1.82, 2.24) is 15.1 Å². The maximum atomic E-state index is 12.2. The molecule has 2 atom stereocenters. The smallest absolute Gasteiger partial charge is 0.267 e. The first-order valence-electron chi connectivity index (χ1n) is 7.15. The summed E-state index contributed by atoms with van der Waals surface area (Å²) in [6.45, 7) is 1.64. The number of nitrogens with one attached hydrogen (secondary N) is 1. The number of rotatable bonds is 3. The SMILES string of the molecule is C[C@@H](C(=O)N[C@H]1CCSC1=O)n1nc2c(cc1=O)CCC2. The molecule has 7 heteroatoms. The van der Waals surface area contributed by atoms with Crippen LogP contribution in [0.15, 0.2) is 10.9 Å². The monoisotopic (exact) mass is 307 g/mol. The van der Waals surface area contributed by atoms with Gasteiger partial charge in [-0.1, -0.05) is 11.8 Å². The highest BCUT2D eigenvalue weighted by Gasteiger charge is 2.29. The van der Waals surface area contributed by atoms with Gasteiger partial charge in [0.15, 0.2) is 0 Å². The predicted octanol–water partition coefficient (Wildman–Crippen LogP) is 0.441. The van der Waals surface area contributed by atoms with Gasteiger partial charge in [-0.15, -0.1) is 0 Å². The molecular weight excluding hydrogens is 290 g/mol. The zero-order valence-electron chi connectivity index (χ0n) is 11.8. The number of aromatic nitrogens is 2. The molecule has 1 aromatic heterocycles. The van der Waals surface area contributed by atoms with Crippen LogP contribution in [0.1, 0.15) is 37.1 Å². The summed E-state index contributed by atoms with van der Waals surface area (Å²) < 4.78 is 1.23. The summed E-state index contributed by atoms with van der Waals surface area (Å²) in [6, 6.07) is 0.437. The van der Waals surface area contributed by atoms with Gasteiger partial charge in [0.1, 0.15) is 6.04 Å². The van der Waals surface area contributed by atoms with E-state index in [-0.39, 0.29) is 16.6 Å². The Balaban J connectivity index is 1.78. The number of thioether (sulfide) groups is 1. The molecule has 1 N–H and O–H groups in total. The molecular formula is C14H17N3O3S. The van der Waals surface area contributed by atoms with E-state index in [1.165, 1.54) is 16.4 Å². The van der Waals surface area contributed by atoms with E-state index in [4.69, 9.17) is 0 Å². The molecule has 0 bridgehead atoms. The molecule has 2 heterocycles. The minimum atomic E-state index is -0.707. The van der Waals surface area contributed by atoms with Gasteiger partial charge in [0.2, 0.25) is 11.0 Å². The second-order valence-electron chi connectivity index (χ2n) is 5.45. The number of hydrogen-bond acceptors (Lipinski definition) is 5. The van der Waals surface area contributed by atoms with E-state index >= 15 is 0 Å². The number of amides is 1. The van der Waals surface area contributed by atoms with E-state index < -0.39 is 12.1 Å². The highest BCUT2D eigenvalue weighted by atomic mass is 32.2. The maximum Gasteiger partial charge on any atom is 0.267 e. The van der Waals surface area contributed by atoms with Gasteiger partial charge in [-0.05, 0) is 38.2 Å². The Kier molecular flexibility index (Phi) is 3.84. The van der Waals surface area contributed by atoms with E-state index in [1.54, 1.807) is 13.0 Å². The highest BCUT2D eigenvalue weighted by Crippen LogP contribution is 2.20. The van der Waals surface area contributed by atoms with E-state index in [0.717, 1.165) is 36.3 Å². The molecule has 1 aromatic rings. The van der Waals surface area contributed by atoms with E-state index in [0.29, 0.717) is 6.42 Å². The number of carbonyl (C=O) groups excluding carboxylic acids is 2. The van der Waals surface area contributed by atoms with Gasteiger partial charge in [-0.25, -0.2) is 4.68 Å². The number of aryl methyl sites for hydroxylation is 2. The standard InChI is InChI=1S/C14H17N3O3S/c1-8(13(19)15-11-5-6-21-14(11)20)17-12(18)7-9-3-2-4-10(9)16-17/h7-8,11H,2-6H2,1H3,(H,15,19)/t8-,11-/m0/s1. The van der Waals surface area contributed by atoms with Crippen LogP contribution in [0.4, 0.5) is 0 Å². The highest BCUT2D eigenvalue weighted by molar-refractivity contribution is 8.14. The predicted molar refractivity (Wildman–Crippen MR) is 79.2 cm³/mol. The molecule has 0 saturated carbocycles. The van der Waals surface area contributed by atoms with Crippen molar-refractivity contribution in [1.29, 1.82) is 0 Å². The van der Waals surface area contributed by atoms with Crippen LogP contribution in [0, 0.1) is 0 Å². The van der Waals surface area contributed by atoms with Crippen molar-refractivity contribution in [3.63, 3.8) is 0 Å². The van der Waals surface area contributed by atoms with Crippen LogP contribution in [0.2, 0.25) is 0 Å². The largest absolute Gasteiger partial charge is 0.343 e. The van der Waals surface area contributed by atoms with Crippen LogP contribution < -0.4 is 10.9 Å². The van der Waals surface area contributed by atoms with Crippen LogP contribution in [-0.4, -0.2) is 32.6 Å². The third-order valence-electron chi connectivity index (χ3n) is 3.98. The average molecular weight is 307 g/mol. The lowest BCUT2D eigenvalue weighted by molar-refractivity contribution is -0.127. The molecule has 0 radical (unpaired) electrons. The van der Waals surface area contributed by atoms with E-state index in [2.05, 4.69) is 10.4 Å². The van der Waals surface area contributed by atoms with Crippen molar-refractivity contribution in [2.24, 2.45) is 0 Å². The average Bonchev–Trinajstić information content (AvgIpc) is 3.06. The summed E-state index contributed by atoms with van der Waals surface area (Å²) in [5, 5.41) is 7.02. The fourth-order valence-electron chi connectivity index (χ4n) is 2.72. The Hall–Kier alpha value is -1.63. The molecule has 0 unspecified atom stereocenters. The number of hydrogen-bond donors (Lipinski definition) is 1. The zero-order valence-corrected chi connectivity index (χ0v) is 12.6. The first kappa shape index (κ1) is 14.3. The van der Waals surface area contributed by atoms with Crippen molar-refractivity contribution in [3.8, 4) is 0 Å². The topological polar surface area (TPSA) is 81.1 Å². The molecule has 1 aliphatic carbocycles. The van der Waals surface area contributed by atoms with Crippen LogP contribution in [-0.2, 0) is 22.4 Å². The second kappa shape index (κ2) is 5.63. The minimum absolute atomic E-state index is 0.00944. The van der Waals surface area contributed by atoms with Gasteiger partial charge in [0, 0.05) is 11.8 Å². The normalized spacial score (nSPS) is 22.1. The molecule has 1 saturated heterocycles. The quantitative estimate of drug-likeness (QED) is 0.876. The Morgan fingerprint density at radius 2 is 2.29 bits per heavy atom. The molecule has 0 spiro atoms. The van der Waals surface area contributed by atoms with Crippen molar-refractivity contribution >= 4 is 22.8 Å². The number of fused-ring (bicyclic) bond motifs is 1. The fraction of sp³-hybridized carbons (Fsp3) is 0.571. The van der Waals surface area contributed by atoms with Gasteiger partial charge in [0.25, 0.3) is 5.56 Å². The lowest BCUT2D eigenvalue weighted by Gasteiger charge is -2.17. The summed E-state index contributed by atoms with van der Waals surface area (Å²) in [7, 11) is 0. The molecule has 2 aliphatic rings. The molecule has 0 aromatic carbocycles. The van der Waals surface area contributed by atoms with Crippen molar-refractivity contribution in [2.75, 3.05) is 5.75 Å². The maximum absolute atomic E-state index is 12.2. The Morgan fingerprint density at radius 3 is 3.00 bits per heavy atom. The third kappa shape index (κ3) is 2.74. The van der Waals surface area contributed by atoms with E-state index in [9.17, 15) is 14.4 Å². The van der Waals surface area contributed by atoms with Crippen molar-refractivity contribution in [2.45, 2.75) is 44.7 Å². The zero-order chi connectivity index (χ0) is 15.0. The van der Waals surface area contributed by atoms with Gasteiger partial charge in [-0.2, -0.15) is 5.10 Å². The summed E-state index contributed by atoms with van der Waals surface area (Å²) >= 11 is 1.24. The molecule has 112 valence electrons. The van der Waals surface area contributed by atoms with Crippen molar-refractivity contribution in [3.05, 3.63) is 27.7 Å². The lowest BCUT2D eigenvalue weighted by Crippen LogP contribution is -2.43. The number of nitrogens with zero attached hydrogens (tertiary/aromatic N) is 2. The Labute approximate surface area is 126 Å². The van der Waals surface area contributed by atoms with Crippen molar-refractivity contribution < 1.29 is 9.59 Å². The second-order valence-corrected chi connectivity index (χ2v) is 6.55. The first-order chi connectivity index (χ1) is 10.1. The third-order valence-corrected chi connectivity index (χ3v) is 4.99. The van der Waals surface area contributed by atoms with Gasteiger partial charge < -0.3 is 5.32 Å². The van der Waals surface area contributed by atoms with Gasteiger partial charge in [-0.3, -0.25) is 14.4 Å². The molecule has 6 nitrogen and oxygen atoms in total.